The highest BCUT2D eigenvalue weighted by Crippen LogP contribution is 2.13. The van der Waals surface area contributed by atoms with E-state index in [1.54, 1.807) is 24.5 Å². The van der Waals surface area contributed by atoms with Crippen molar-refractivity contribution in [3.8, 4) is 11.9 Å². The number of anilines is 1. The fourth-order valence-electron chi connectivity index (χ4n) is 3.28. The molecule has 2 aromatic rings. The van der Waals surface area contributed by atoms with Crippen molar-refractivity contribution in [2.24, 2.45) is 4.99 Å². The maximum absolute atomic E-state index is 12.8. The first-order valence-corrected chi connectivity index (χ1v) is 11.5. The Morgan fingerprint density at radius 1 is 0.875 bits per heavy atom. The SMILES string of the molecule is N#CNC(=NCCCCCCCCCCCCOc1ccc(F)cc1)Nc1ccncc1. The van der Waals surface area contributed by atoms with Crippen LogP contribution in [0, 0.1) is 17.3 Å². The molecule has 0 atom stereocenters. The number of nitrogens with zero attached hydrogens (tertiary/aromatic N) is 3. The molecule has 0 aliphatic carbocycles. The molecule has 0 spiro atoms. The fraction of sp³-hybridized carbons (Fsp3) is 0.480. The Balaban J connectivity index is 1.39. The van der Waals surface area contributed by atoms with Crippen molar-refractivity contribution in [3.63, 3.8) is 0 Å². The Hall–Kier alpha value is -3.14. The number of pyridine rings is 1. The standard InChI is InChI=1S/C25H34FN5O/c26-22-11-13-24(14-12-22)32-20-10-8-6-4-2-1-3-5-7-9-17-29-25(30-21-27)31-23-15-18-28-19-16-23/h11-16,18-19H,1-10,17,20H2,(H2,28,29,30,31). The van der Waals surface area contributed by atoms with Gasteiger partial charge in [0.15, 0.2) is 6.19 Å². The van der Waals surface area contributed by atoms with Gasteiger partial charge in [0, 0.05) is 24.6 Å². The zero-order valence-electron chi connectivity index (χ0n) is 18.7. The zero-order chi connectivity index (χ0) is 22.7. The summed E-state index contributed by atoms with van der Waals surface area (Å²) in [5.74, 6) is 0.976. The molecule has 0 fully saturated rings. The quantitative estimate of drug-likeness (QED) is 0.116. The van der Waals surface area contributed by atoms with Gasteiger partial charge >= 0.3 is 0 Å². The molecule has 0 aliphatic rings. The van der Waals surface area contributed by atoms with E-state index in [0.29, 0.717) is 19.1 Å². The van der Waals surface area contributed by atoms with Crippen LogP contribution in [0.4, 0.5) is 10.1 Å². The Bertz CT molecular complexity index is 805. The third kappa shape index (κ3) is 11.9. The summed E-state index contributed by atoms with van der Waals surface area (Å²) >= 11 is 0. The molecule has 0 radical (unpaired) electrons. The minimum Gasteiger partial charge on any atom is -0.494 e. The van der Waals surface area contributed by atoms with E-state index < -0.39 is 0 Å². The van der Waals surface area contributed by atoms with Crippen LogP contribution in [0.15, 0.2) is 53.8 Å². The molecule has 0 unspecified atom stereocenters. The van der Waals surface area contributed by atoms with Crippen LogP contribution in [-0.4, -0.2) is 24.1 Å². The van der Waals surface area contributed by atoms with E-state index in [1.807, 2.05) is 18.3 Å². The van der Waals surface area contributed by atoms with Gasteiger partial charge < -0.3 is 10.1 Å². The van der Waals surface area contributed by atoms with Crippen LogP contribution in [0.1, 0.15) is 64.2 Å². The first-order chi connectivity index (χ1) is 15.8. The van der Waals surface area contributed by atoms with Crippen LogP contribution < -0.4 is 15.4 Å². The molecular weight excluding hydrogens is 405 g/mol. The molecule has 0 aliphatic heterocycles. The second-order valence-corrected chi connectivity index (χ2v) is 7.67. The number of aromatic nitrogens is 1. The highest BCUT2D eigenvalue weighted by Gasteiger charge is 1.99. The van der Waals surface area contributed by atoms with Gasteiger partial charge in [0.1, 0.15) is 11.6 Å². The lowest BCUT2D eigenvalue weighted by molar-refractivity contribution is 0.304. The zero-order valence-corrected chi connectivity index (χ0v) is 18.7. The van der Waals surface area contributed by atoms with Crippen molar-refractivity contribution in [1.29, 1.82) is 5.26 Å². The molecule has 0 bridgehead atoms. The molecular formula is C25H34FN5O. The van der Waals surface area contributed by atoms with Crippen LogP contribution in [0.25, 0.3) is 0 Å². The number of nitrogens with one attached hydrogen (secondary N) is 2. The highest BCUT2D eigenvalue weighted by molar-refractivity contribution is 5.94. The van der Waals surface area contributed by atoms with E-state index in [1.165, 1.54) is 57.1 Å². The van der Waals surface area contributed by atoms with E-state index in [-0.39, 0.29) is 5.82 Å². The van der Waals surface area contributed by atoms with Crippen LogP contribution >= 0.6 is 0 Å². The molecule has 1 heterocycles. The van der Waals surface area contributed by atoms with Crippen molar-refractivity contribution in [3.05, 3.63) is 54.6 Å². The van der Waals surface area contributed by atoms with Gasteiger partial charge in [-0.25, -0.2) is 4.39 Å². The maximum atomic E-state index is 12.8. The number of aliphatic imine (C=N–C) groups is 1. The van der Waals surface area contributed by atoms with Gasteiger partial charge in [-0.15, -0.1) is 0 Å². The normalized spacial score (nSPS) is 11.1. The lowest BCUT2D eigenvalue weighted by Crippen LogP contribution is -2.27. The van der Waals surface area contributed by atoms with Crippen molar-refractivity contribution in [2.75, 3.05) is 18.5 Å². The summed E-state index contributed by atoms with van der Waals surface area (Å²) in [5, 5.41) is 14.5. The lowest BCUT2D eigenvalue weighted by Gasteiger charge is -2.07. The summed E-state index contributed by atoms with van der Waals surface area (Å²) in [7, 11) is 0. The molecule has 2 rings (SSSR count). The van der Waals surface area contributed by atoms with E-state index in [9.17, 15) is 4.39 Å². The summed E-state index contributed by atoms with van der Waals surface area (Å²) in [6, 6.07) is 9.85. The monoisotopic (exact) mass is 439 g/mol. The van der Waals surface area contributed by atoms with Crippen LogP contribution in [-0.2, 0) is 0 Å². The number of guanidine groups is 1. The minimum absolute atomic E-state index is 0.234. The summed E-state index contributed by atoms with van der Waals surface area (Å²) in [6.07, 6.45) is 17.2. The minimum atomic E-state index is -0.234. The second kappa shape index (κ2) is 16.5. The summed E-state index contributed by atoms with van der Waals surface area (Å²) in [6.45, 7) is 1.39. The van der Waals surface area contributed by atoms with Gasteiger partial charge in [-0.1, -0.05) is 51.4 Å². The Kier molecular flexibility index (Phi) is 13.0. The molecule has 32 heavy (non-hydrogen) atoms. The summed E-state index contributed by atoms with van der Waals surface area (Å²) in [4.78, 5) is 8.41. The van der Waals surface area contributed by atoms with Crippen LogP contribution in [0.5, 0.6) is 5.75 Å². The van der Waals surface area contributed by atoms with Gasteiger partial charge in [0.2, 0.25) is 5.96 Å². The first kappa shape index (κ1) is 25.1. The molecule has 7 heteroatoms. The van der Waals surface area contributed by atoms with E-state index >= 15 is 0 Å². The molecule has 172 valence electrons. The molecule has 2 N–H and O–H groups in total. The Morgan fingerprint density at radius 3 is 2.09 bits per heavy atom. The third-order valence-corrected chi connectivity index (χ3v) is 5.02. The third-order valence-electron chi connectivity index (χ3n) is 5.02. The van der Waals surface area contributed by atoms with Crippen molar-refractivity contribution in [2.45, 2.75) is 64.2 Å². The van der Waals surface area contributed by atoms with E-state index in [0.717, 1.165) is 30.7 Å². The predicted molar refractivity (Wildman–Crippen MR) is 127 cm³/mol. The lowest BCUT2D eigenvalue weighted by atomic mass is 10.1. The number of benzene rings is 1. The number of unbranched alkanes of at least 4 members (excludes halogenated alkanes) is 9. The summed E-state index contributed by atoms with van der Waals surface area (Å²) < 4.78 is 18.4. The van der Waals surface area contributed by atoms with Crippen LogP contribution in [0.2, 0.25) is 0 Å². The topological polar surface area (TPSA) is 82.3 Å². The average molecular weight is 440 g/mol. The second-order valence-electron chi connectivity index (χ2n) is 7.67. The number of rotatable bonds is 15. The predicted octanol–water partition coefficient (Wildman–Crippen LogP) is 6.04. The van der Waals surface area contributed by atoms with Gasteiger partial charge in [0.25, 0.3) is 0 Å². The number of hydrogen-bond acceptors (Lipinski definition) is 4. The smallest absolute Gasteiger partial charge is 0.209 e. The van der Waals surface area contributed by atoms with Gasteiger partial charge in [-0.05, 0) is 49.2 Å². The fourth-order valence-corrected chi connectivity index (χ4v) is 3.28. The average Bonchev–Trinajstić information content (AvgIpc) is 2.81. The Labute approximate surface area is 190 Å². The maximum Gasteiger partial charge on any atom is 0.209 e. The van der Waals surface area contributed by atoms with Gasteiger partial charge in [-0.3, -0.25) is 15.3 Å². The van der Waals surface area contributed by atoms with Crippen molar-refractivity contribution in [1.82, 2.24) is 10.3 Å². The van der Waals surface area contributed by atoms with Crippen molar-refractivity contribution < 1.29 is 9.13 Å². The number of nitriles is 1. The molecule has 1 aromatic heterocycles. The molecule has 6 nitrogen and oxygen atoms in total. The summed E-state index contributed by atoms with van der Waals surface area (Å²) in [5.41, 5.74) is 0.849. The molecule has 1 aromatic carbocycles. The van der Waals surface area contributed by atoms with E-state index in [4.69, 9.17) is 10.00 Å². The highest BCUT2D eigenvalue weighted by atomic mass is 19.1. The van der Waals surface area contributed by atoms with E-state index in [2.05, 4.69) is 20.6 Å². The largest absolute Gasteiger partial charge is 0.494 e. The van der Waals surface area contributed by atoms with Crippen molar-refractivity contribution >= 4 is 11.6 Å². The molecule has 0 saturated heterocycles. The molecule has 0 saturated carbocycles. The number of hydrogen-bond donors (Lipinski definition) is 2. The van der Waals surface area contributed by atoms with Gasteiger partial charge in [0.05, 0.1) is 6.61 Å². The van der Waals surface area contributed by atoms with Crippen LogP contribution in [0.3, 0.4) is 0 Å². The Morgan fingerprint density at radius 2 is 1.47 bits per heavy atom. The number of ether oxygens (including phenoxy) is 1. The first-order valence-electron chi connectivity index (χ1n) is 11.5. The van der Waals surface area contributed by atoms with Gasteiger partial charge in [-0.2, -0.15) is 5.26 Å². The number of halogens is 1. The molecule has 0 amide bonds.